The largest absolute Gasteiger partial charge is 0.581 e. The van der Waals surface area contributed by atoms with E-state index in [4.69, 9.17) is 0 Å². The maximum absolute atomic E-state index is 9.89. The minimum absolute atomic E-state index is 0.0694. The van der Waals surface area contributed by atoms with Crippen LogP contribution in [-0.2, 0) is 9.53 Å². The lowest BCUT2D eigenvalue weighted by atomic mass is 10.6. The SMILES string of the molecule is CCC.O=C1CO[C-]=N1. The quantitative estimate of drug-likeness (QED) is 0.454. The van der Waals surface area contributed by atoms with Gasteiger partial charge in [0.1, 0.15) is 5.91 Å². The first kappa shape index (κ1) is 8.14. The Kier molecular flexibility index (Phi) is 4.78. The third kappa shape index (κ3) is 5.00. The molecule has 1 aliphatic heterocycles. The van der Waals surface area contributed by atoms with Gasteiger partial charge in [-0.3, -0.25) is 0 Å². The van der Waals surface area contributed by atoms with E-state index in [0.29, 0.717) is 0 Å². The van der Waals surface area contributed by atoms with Gasteiger partial charge in [-0.25, -0.2) is 0 Å². The summed E-state index contributed by atoms with van der Waals surface area (Å²) in [4.78, 5) is 13.0. The summed E-state index contributed by atoms with van der Waals surface area (Å²) in [7, 11) is 0. The molecule has 52 valence electrons. The Morgan fingerprint density at radius 2 is 2.33 bits per heavy atom. The molecule has 1 heterocycles. The summed E-state index contributed by atoms with van der Waals surface area (Å²) < 4.78 is 4.29. The lowest BCUT2D eigenvalue weighted by molar-refractivity contribution is -0.118. The Balaban J connectivity index is 0.000000187. The van der Waals surface area contributed by atoms with E-state index in [1.807, 2.05) is 6.40 Å². The van der Waals surface area contributed by atoms with E-state index >= 15 is 0 Å². The molecule has 0 saturated carbocycles. The highest BCUT2D eigenvalue weighted by atomic mass is 16.5. The van der Waals surface area contributed by atoms with Crippen LogP contribution in [0.4, 0.5) is 0 Å². The van der Waals surface area contributed by atoms with Crippen LogP contribution < -0.4 is 0 Å². The van der Waals surface area contributed by atoms with Gasteiger partial charge in [0.25, 0.3) is 0 Å². The fourth-order valence-electron chi connectivity index (χ4n) is 0.209. The molecule has 1 aliphatic rings. The summed E-state index contributed by atoms with van der Waals surface area (Å²) in [6, 6.07) is 0. The molecular formula is C6H10NO2-. The molecule has 0 N–H and O–H groups in total. The van der Waals surface area contributed by atoms with Gasteiger partial charge in [0.15, 0.2) is 0 Å². The van der Waals surface area contributed by atoms with Crippen LogP contribution in [0.25, 0.3) is 0 Å². The number of nitrogens with zero attached hydrogens (tertiary/aromatic N) is 1. The van der Waals surface area contributed by atoms with Crippen molar-refractivity contribution in [1.29, 1.82) is 0 Å². The highest BCUT2D eigenvalue weighted by Crippen LogP contribution is 1.83. The molecule has 0 aromatic carbocycles. The number of hydrogen-bond donors (Lipinski definition) is 0. The molecule has 0 aliphatic carbocycles. The first-order valence-corrected chi connectivity index (χ1v) is 2.91. The predicted molar refractivity (Wildman–Crippen MR) is 34.4 cm³/mol. The highest BCUT2D eigenvalue weighted by Gasteiger charge is 1.87. The second kappa shape index (κ2) is 5.28. The van der Waals surface area contributed by atoms with Crippen LogP contribution in [0, 0.1) is 0 Å². The number of amides is 1. The predicted octanol–water partition coefficient (Wildman–Crippen LogP) is 0.865. The average Bonchev–Trinajstić information content (AvgIpc) is 2.20. The van der Waals surface area contributed by atoms with Gasteiger partial charge >= 0.3 is 0 Å². The summed E-state index contributed by atoms with van der Waals surface area (Å²) in [5.74, 6) is -0.255. The molecule has 0 unspecified atom stereocenters. The average molecular weight is 128 g/mol. The van der Waals surface area contributed by atoms with Crippen molar-refractivity contribution < 1.29 is 9.53 Å². The molecule has 0 saturated heterocycles. The fraction of sp³-hybridized carbons (Fsp3) is 0.667. The van der Waals surface area contributed by atoms with Gasteiger partial charge in [-0.2, -0.15) is 0 Å². The summed E-state index contributed by atoms with van der Waals surface area (Å²) in [6.07, 6.45) is 3.30. The first-order chi connectivity index (χ1) is 4.31. The fourth-order valence-corrected chi connectivity index (χ4v) is 0.209. The summed E-state index contributed by atoms with van der Waals surface area (Å²) in [6.45, 7) is 4.32. The number of carbonyl (C=O) groups is 1. The Morgan fingerprint density at radius 1 is 1.78 bits per heavy atom. The number of aliphatic imine (C=N–C) groups is 1. The van der Waals surface area contributed by atoms with Gasteiger partial charge in [0.05, 0.1) is 6.61 Å². The highest BCUT2D eigenvalue weighted by molar-refractivity contribution is 5.88. The molecule has 0 atom stereocenters. The molecule has 0 bridgehead atoms. The molecule has 9 heavy (non-hydrogen) atoms. The molecule has 0 aromatic heterocycles. The van der Waals surface area contributed by atoms with Crippen molar-refractivity contribution in [2.24, 2.45) is 4.99 Å². The zero-order valence-electron chi connectivity index (χ0n) is 5.68. The lowest BCUT2D eigenvalue weighted by Gasteiger charge is -1.87. The maximum atomic E-state index is 9.89. The van der Waals surface area contributed by atoms with Gasteiger partial charge in [0, 0.05) is 6.40 Å². The van der Waals surface area contributed by atoms with Crippen LogP contribution in [0.5, 0.6) is 0 Å². The van der Waals surface area contributed by atoms with Crippen LogP contribution in [0.3, 0.4) is 0 Å². The smallest absolute Gasteiger partial charge is 0.124 e. The van der Waals surface area contributed by atoms with E-state index < -0.39 is 0 Å². The third-order valence-electron chi connectivity index (χ3n) is 0.431. The van der Waals surface area contributed by atoms with E-state index in [-0.39, 0.29) is 12.5 Å². The van der Waals surface area contributed by atoms with Gasteiger partial charge in [-0.15, -0.1) is 0 Å². The minimum Gasteiger partial charge on any atom is -0.581 e. The maximum Gasteiger partial charge on any atom is 0.124 e. The van der Waals surface area contributed by atoms with Crippen LogP contribution >= 0.6 is 0 Å². The second-order valence-corrected chi connectivity index (χ2v) is 1.59. The Bertz CT molecular complexity index is 110. The topological polar surface area (TPSA) is 38.7 Å². The van der Waals surface area contributed by atoms with E-state index in [1.165, 1.54) is 6.42 Å². The van der Waals surface area contributed by atoms with Crippen molar-refractivity contribution in [2.75, 3.05) is 6.61 Å². The Hall–Kier alpha value is -0.860. The van der Waals surface area contributed by atoms with Crippen molar-refractivity contribution in [3.05, 3.63) is 0 Å². The van der Waals surface area contributed by atoms with E-state index in [2.05, 4.69) is 23.6 Å². The molecule has 0 radical (unpaired) electrons. The van der Waals surface area contributed by atoms with Gasteiger partial charge in [-0.1, -0.05) is 20.3 Å². The van der Waals surface area contributed by atoms with Crippen molar-refractivity contribution in [1.82, 2.24) is 0 Å². The zero-order chi connectivity index (χ0) is 7.11. The number of carbonyl (C=O) groups excluding carboxylic acids is 1. The van der Waals surface area contributed by atoms with Crippen LogP contribution in [0.15, 0.2) is 4.99 Å². The van der Waals surface area contributed by atoms with Gasteiger partial charge in [-0.05, 0) is 0 Å². The molecule has 1 rings (SSSR count). The van der Waals surface area contributed by atoms with Crippen LogP contribution in [-0.4, -0.2) is 18.9 Å². The summed E-state index contributed by atoms with van der Waals surface area (Å²) in [5, 5.41) is 0. The third-order valence-corrected chi connectivity index (χ3v) is 0.431. The summed E-state index contributed by atoms with van der Waals surface area (Å²) in [5.41, 5.74) is 0. The monoisotopic (exact) mass is 128 g/mol. The molecule has 3 heteroatoms. The van der Waals surface area contributed by atoms with Crippen molar-refractivity contribution in [3.8, 4) is 0 Å². The van der Waals surface area contributed by atoms with E-state index in [9.17, 15) is 4.79 Å². The van der Waals surface area contributed by atoms with Crippen LogP contribution in [0.2, 0.25) is 0 Å². The molecule has 0 aromatic rings. The van der Waals surface area contributed by atoms with Crippen LogP contribution in [0.1, 0.15) is 20.3 Å². The van der Waals surface area contributed by atoms with Crippen molar-refractivity contribution in [3.63, 3.8) is 0 Å². The van der Waals surface area contributed by atoms with Gasteiger partial charge in [0.2, 0.25) is 0 Å². The lowest BCUT2D eigenvalue weighted by Crippen LogP contribution is -1.92. The molecular weight excluding hydrogens is 118 g/mol. The Labute approximate surface area is 54.7 Å². The molecule has 3 nitrogen and oxygen atoms in total. The number of hydrogen-bond acceptors (Lipinski definition) is 2. The van der Waals surface area contributed by atoms with E-state index in [1.54, 1.807) is 0 Å². The standard InChI is InChI=1S/C3H2NO2.C3H8/c5-3-1-6-2-4-3;1-3-2/h1H2;3H2,1-2H3/q-1;. The van der Waals surface area contributed by atoms with E-state index in [0.717, 1.165) is 0 Å². The molecule has 1 amide bonds. The first-order valence-electron chi connectivity index (χ1n) is 2.91. The summed E-state index contributed by atoms with van der Waals surface area (Å²) >= 11 is 0. The Morgan fingerprint density at radius 3 is 2.44 bits per heavy atom. The minimum atomic E-state index is -0.255. The zero-order valence-corrected chi connectivity index (χ0v) is 5.68. The van der Waals surface area contributed by atoms with Crippen molar-refractivity contribution >= 4 is 12.3 Å². The number of ether oxygens (including phenoxy) is 1. The molecule has 0 fully saturated rings. The normalized spacial score (nSPS) is 14.2. The van der Waals surface area contributed by atoms with Crippen molar-refractivity contribution in [2.45, 2.75) is 20.3 Å². The molecule has 0 spiro atoms. The second-order valence-electron chi connectivity index (χ2n) is 1.59. The number of rotatable bonds is 0. The van der Waals surface area contributed by atoms with Gasteiger partial charge < -0.3 is 14.5 Å².